The van der Waals surface area contributed by atoms with Gasteiger partial charge in [0, 0.05) is 5.56 Å². The van der Waals surface area contributed by atoms with E-state index in [4.69, 9.17) is 4.74 Å². The predicted molar refractivity (Wildman–Crippen MR) is 116 cm³/mol. The molecule has 2 aromatic carbocycles. The summed E-state index contributed by atoms with van der Waals surface area (Å²) >= 11 is 0. The molecule has 3 heteroatoms. The largest absolute Gasteiger partial charge is 0.507 e. The molecule has 0 aliphatic rings. The lowest BCUT2D eigenvalue weighted by molar-refractivity contribution is 0.0729. The first-order chi connectivity index (χ1) is 12.6. The fourth-order valence-electron chi connectivity index (χ4n) is 3.33. The van der Waals surface area contributed by atoms with Crippen LogP contribution in [0.1, 0.15) is 85.3 Å². The summed E-state index contributed by atoms with van der Waals surface area (Å²) in [5.41, 5.74) is 5.66. The number of aryl methyl sites for hydroxylation is 2. The molecule has 0 spiro atoms. The minimum Gasteiger partial charge on any atom is -0.507 e. The highest BCUT2D eigenvalue weighted by Gasteiger charge is 2.27. The molecule has 0 amide bonds. The van der Waals surface area contributed by atoms with Crippen molar-refractivity contribution >= 4 is 5.97 Å². The monoisotopic (exact) mass is 382 g/mol. The lowest BCUT2D eigenvalue weighted by Gasteiger charge is -2.28. The van der Waals surface area contributed by atoms with Crippen LogP contribution in [0.5, 0.6) is 11.5 Å². The molecule has 1 N–H and O–H groups in total. The van der Waals surface area contributed by atoms with Gasteiger partial charge in [0.05, 0.1) is 5.56 Å². The number of benzene rings is 2. The van der Waals surface area contributed by atoms with Gasteiger partial charge in [-0.25, -0.2) is 4.79 Å². The number of phenolic OH excluding ortho intramolecular Hbond substituents is 1. The number of carbonyl (C=O) groups is 1. The van der Waals surface area contributed by atoms with Crippen molar-refractivity contribution in [1.82, 2.24) is 0 Å². The molecule has 0 unspecified atom stereocenters. The second-order valence-corrected chi connectivity index (χ2v) is 9.90. The smallest absolute Gasteiger partial charge is 0.343 e. The molecule has 0 saturated heterocycles. The molecule has 0 aliphatic carbocycles. The van der Waals surface area contributed by atoms with Gasteiger partial charge in [0.2, 0.25) is 0 Å². The minimum atomic E-state index is -0.388. The summed E-state index contributed by atoms with van der Waals surface area (Å²) in [6.07, 6.45) is 0. The standard InChI is InChI=1S/C25H34O3/c1-14-12-19(16(3)17(4)21(14)26)23(27)28-22-15(2)11-18(24(5,6)7)13-20(22)25(8,9)10/h11-13,26H,1-10H3. The van der Waals surface area contributed by atoms with E-state index < -0.39 is 0 Å². The summed E-state index contributed by atoms with van der Waals surface area (Å²) in [5.74, 6) is 0.476. The third-order valence-electron chi connectivity index (χ3n) is 5.42. The zero-order valence-electron chi connectivity index (χ0n) is 19.0. The number of rotatable bonds is 2. The van der Waals surface area contributed by atoms with Crippen molar-refractivity contribution in [2.75, 3.05) is 0 Å². The second kappa shape index (κ2) is 7.27. The molecule has 152 valence electrons. The van der Waals surface area contributed by atoms with Crippen molar-refractivity contribution in [3.05, 3.63) is 57.1 Å². The van der Waals surface area contributed by atoms with Gasteiger partial charge in [-0.3, -0.25) is 0 Å². The van der Waals surface area contributed by atoms with Crippen molar-refractivity contribution in [3.8, 4) is 11.5 Å². The molecule has 0 fully saturated rings. The molecule has 0 saturated carbocycles. The minimum absolute atomic E-state index is 0.00900. The number of ether oxygens (including phenoxy) is 1. The predicted octanol–water partition coefficient (Wildman–Crippen LogP) is 6.44. The fraction of sp³-hybridized carbons (Fsp3) is 0.480. The Bertz CT molecular complexity index is 923. The second-order valence-electron chi connectivity index (χ2n) is 9.90. The number of aromatic hydroxyl groups is 1. The Hall–Kier alpha value is -2.29. The topological polar surface area (TPSA) is 46.5 Å². The molecule has 0 bridgehead atoms. The number of phenols is 1. The van der Waals surface area contributed by atoms with Gasteiger partial charge in [0.25, 0.3) is 0 Å². The molecule has 3 nitrogen and oxygen atoms in total. The van der Waals surface area contributed by atoms with Gasteiger partial charge in [-0.05, 0) is 72.4 Å². The highest BCUT2D eigenvalue weighted by Crippen LogP contribution is 2.39. The number of hydrogen-bond donors (Lipinski definition) is 1. The maximum absolute atomic E-state index is 13.1. The van der Waals surface area contributed by atoms with Crippen LogP contribution in [0.3, 0.4) is 0 Å². The summed E-state index contributed by atoms with van der Waals surface area (Å²) in [4.78, 5) is 13.1. The van der Waals surface area contributed by atoms with Crippen LogP contribution in [0.2, 0.25) is 0 Å². The molecule has 2 aromatic rings. The van der Waals surface area contributed by atoms with Gasteiger partial charge in [0.1, 0.15) is 11.5 Å². The van der Waals surface area contributed by atoms with Crippen LogP contribution in [-0.4, -0.2) is 11.1 Å². The van der Waals surface area contributed by atoms with E-state index in [1.54, 1.807) is 13.0 Å². The third kappa shape index (κ3) is 4.24. The van der Waals surface area contributed by atoms with E-state index in [9.17, 15) is 9.90 Å². The van der Waals surface area contributed by atoms with E-state index in [1.807, 2.05) is 20.8 Å². The van der Waals surface area contributed by atoms with E-state index in [-0.39, 0.29) is 22.5 Å². The summed E-state index contributed by atoms with van der Waals surface area (Å²) in [7, 11) is 0. The summed E-state index contributed by atoms with van der Waals surface area (Å²) in [6, 6.07) is 5.98. The summed E-state index contributed by atoms with van der Waals surface area (Å²) in [5, 5.41) is 10.1. The molecule has 0 aromatic heterocycles. The number of carbonyl (C=O) groups excluding carboxylic acids is 1. The van der Waals surface area contributed by atoms with Crippen LogP contribution < -0.4 is 4.74 Å². The molecule has 0 atom stereocenters. The Morgan fingerprint density at radius 2 is 1.39 bits per heavy atom. The molecule has 2 rings (SSSR count). The van der Waals surface area contributed by atoms with Crippen molar-refractivity contribution in [1.29, 1.82) is 0 Å². The van der Waals surface area contributed by atoms with Gasteiger partial charge in [-0.1, -0.05) is 53.7 Å². The van der Waals surface area contributed by atoms with E-state index in [1.165, 1.54) is 5.56 Å². The Morgan fingerprint density at radius 1 is 0.821 bits per heavy atom. The first-order valence-electron chi connectivity index (χ1n) is 9.82. The first-order valence-corrected chi connectivity index (χ1v) is 9.82. The quantitative estimate of drug-likeness (QED) is 0.480. The van der Waals surface area contributed by atoms with Gasteiger partial charge < -0.3 is 9.84 Å². The molecule has 0 heterocycles. The Balaban J connectivity index is 2.59. The van der Waals surface area contributed by atoms with Crippen LogP contribution in [0.15, 0.2) is 18.2 Å². The maximum Gasteiger partial charge on any atom is 0.343 e. The molecule has 0 aliphatic heterocycles. The van der Waals surface area contributed by atoms with Crippen molar-refractivity contribution in [3.63, 3.8) is 0 Å². The lowest BCUT2D eigenvalue weighted by atomic mass is 9.79. The summed E-state index contributed by atoms with van der Waals surface area (Å²) < 4.78 is 5.97. The van der Waals surface area contributed by atoms with Crippen LogP contribution in [-0.2, 0) is 10.8 Å². The van der Waals surface area contributed by atoms with Crippen molar-refractivity contribution in [2.45, 2.75) is 80.1 Å². The average Bonchev–Trinajstić information content (AvgIpc) is 2.55. The van der Waals surface area contributed by atoms with Crippen LogP contribution in [0.4, 0.5) is 0 Å². The van der Waals surface area contributed by atoms with Gasteiger partial charge >= 0.3 is 5.97 Å². The molecular formula is C25H34O3. The Kier molecular flexibility index (Phi) is 5.71. The maximum atomic E-state index is 13.1. The molecule has 0 radical (unpaired) electrons. The van der Waals surface area contributed by atoms with Gasteiger partial charge in [-0.15, -0.1) is 0 Å². The van der Waals surface area contributed by atoms with Gasteiger partial charge in [-0.2, -0.15) is 0 Å². The SMILES string of the molecule is Cc1cc(C(=O)Oc2c(C)cc(C(C)(C)C)cc2C(C)(C)C)c(C)c(C)c1O. The molecule has 28 heavy (non-hydrogen) atoms. The number of esters is 1. The van der Waals surface area contributed by atoms with E-state index in [0.717, 1.165) is 16.7 Å². The fourth-order valence-corrected chi connectivity index (χ4v) is 3.33. The number of hydrogen-bond acceptors (Lipinski definition) is 3. The van der Waals surface area contributed by atoms with E-state index >= 15 is 0 Å². The molecular weight excluding hydrogens is 348 g/mol. The summed E-state index contributed by atoms with van der Waals surface area (Å²) in [6.45, 7) is 20.4. The zero-order valence-corrected chi connectivity index (χ0v) is 19.0. The highest BCUT2D eigenvalue weighted by molar-refractivity contribution is 5.94. The van der Waals surface area contributed by atoms with Crippen LogP contribution in [0.25, 0.3) is 0 Å². The van der Waals surface area contributed by atoms with Gasteiger partial charge in [0.15, 0.2) is 0 Å². The Morgan fingerprint density at radius 3 is 1.89 bits per heavy atom. The van der Waals surface area contributed by atoms with Crippen molar-refractivity contribution < 1.29 is 14.6 Å². The Labute approximate surface area is 169 Å². The van der Waals surface area contributed by atoms with Crippen molar-refractivity contribution in [2.24, 2.45) is 0 Å². The zero-order chi connectivity index (χ0) is 21.6. The first kappa shape index (κ1) is 22.0. The van der Waals surface area contributed by atoms with E-state index in [0.29, 0.717) is 22.4 Å². The van der Waals surface area contributed by atoms with Crippen LogP contribution >= 0.6 is 0 Å². The third-order valence-corrected chi connectivity index (χ3v) is 5.42. The van der Waals surface area contributed by atoms with E-state index in [2.05, 4.69) is 53.7 Å². The average molecular weight is 383 g/mol. The highest BCUT2D eigenvalue weighted by atomic mass is 16.5. The normalized spacial score (nSPS) is 12.2. The van der Waals surface area contributed by atoms with Crippen LogP contribution in [0, 0.1) is 27.7 Å². The lowest BCUT2D eigenvalue weighted by Crippen LogP contribution is -2.21.